The summed E-state index contributed by atoms with van der Waals surface area (Å²) in [5.74, 6) is 1.50. The van der Waals surface area contributed by atoms with Crippen LogP contribution in [0, 0.1) is 0 Å². The van der Waals surface area contributed by atoms with Gasteiger partial charge in [0.15, 0.2) is 9.84 Å². The van der Waals surface area contributed by atoms with Crippen molar-refractivity contribution >= 4 is 38.3 Å². The number of fused-ring (bicyclic) bond motifs is 1. The van der Waals surface area contributed by atoms with Gasteiger partial charge in [-0.25, -0.2) is 8.42 Å². The second-order valence-electron chi connectivity index (χ2n) is 6.35. The summed E-state index contributed by atoms with van der Waals surface area (Å²) in [6.45, 7) is 4.18. The minimum Gasteiger partial charge on any atom is -0.495 e. The Morgan fingerprint density at radius 3 is 2.70 bits per heavy atom. The van der Waals surface area contributed by atoms with Crippen LogP contribution in [0.25, 0.3) is 11.0 Å². The molecule has 3 N–H and O–H groups in total. The van der Waals surface area contributed by atoms with Gasteiger partial charge in [-0.2, -0.15) is 9.97 Å². The van der Waals surface area contributed by atoms with E-state index >= 15 is 0 Å². The monoisotopic (exact) mass is 389 g/mol. The van der Waals surface area contributed by atoms with Gasteiger partial charge < -0.3 is 20.4 Å². The molecule has 0 aliphatic carbocycles. The van der Waals surface area contributed by atoms with Gasteiger partial charge in [-0.05, 0) is 31.5 Å². The first-order chi connectivity index (χ1) is 12.8. The van der Waals surface area contributed by atoms with Crippen molar-refractivity contribution < 1.29 is 13.2 Å². The van der Waals surface area contributed by atoms with Crippen LogP contribution in [0.5, 0.6) is 5.75 Å². The van der Waals surface area contributed by atoms with Crippen LogP contribution < -0.4 is 15.4 Å². The molecule has 0 aliphatic heterocycles. The molecule has 0 spiro atoms. The van der Waals surface area contributed by atoms with E-state index in [1.807, 2.05) is 12.3 Å². The zero-order chi connectivity index (χ0) is 19.6. The van der Waals surface area contributed by atoms with Crippen LogP contribution in [0.4, 0.5) is 17.5 Å². The normalized spacial score (nSPS) is 12.7. The number of anilines is 3. The lowest BCUT2D eigenvalue weighted by Gasteiger charge is -2.15. The van der Waals surface area contributed by atoms with Crippen LogP contribution in [-0.4, -0.2) is 42.8 Å². The summed E-state index contributed by atoms with van der Waals surface area (Å²) >= 11 is 0. The molecule has 3 rings (SSSR count). The molecule has 8 nitrogen and oxygen atoms in total. The molecule has 0 aliphatic rings. The quantitative estimate of drug-likeness (QED) is 0.569. The van der Waals surface area contributed by atoms with Gasteiger partial charge >= 0.3 is 0 Å². The Kier molecular flexibility index (Phi) is 5.22. The Bertz CT molecular complexity index is 1060. The molecule has 3 aromatic rings. The maximum absolute atomic E-state index is 11.8. The summed E-state index contributed by atoms with van der Waals surface area (Å²) in [6, 6.07) is 6.81. The fourth-order valence-corrected chi connectivity index (χ4v) is 3.20. The molecule has 144 valence electrons. The second kappa shape index (κ2) is 7.43. The Hall–Kier alpha value is -2.81. The number of benzene rings is 1. The lowest BCUT2D eigenvalue weighted by molar-refractivity contribution is 0.415. The van der Waals surface area contributed by atoms with Crippen LogP contribution in [0.1, 0.15) is 20.3 Å². The molecule has 0 unspecified atom stereocenters. The van der Waals surface area contributed by atoms with E-state index in [0.717, 1.165) is 23.9 Å². The number of nitrogens with zero attached hydrogens (tertiary/aromatic N) is 2. The predicted octanol–water partition coefficient (Wildman–Crippen LogP) is 3.32. The van der Waals surface area contributed by atoms with E-state index < -0.39 is 9.84 Å². The Balaban J connectivity index is 1.99. The predicted molar refractivity (Wildman–Crippen MR) is 107 cm³/mol. The largest absolute Gasteiger partial charge is 0.495 e. The van der Waals surface area contributed by atoms with Gasteiger partial charge in [0, 0.05) is 24.6 Å². The van der Waals surface area contributed by atoms with E-state index in [-0.39, 0.29) is 10.9 Å². The molecule has 1 aromatic carbocycles. The second-order valence-corrected chi connectivity index (χ2v) is 8.36. The highest BCUT2D eigenvalue weighted by Crippen LogP contribution is 2.31. The number of rotatable bonds is 7. The summed E-state index contributed by atoms with van der Waals surface area (Å²) in [7, 11) is -1.84. The van der Waals surface area contributed by atoms with Crippen LogP contribution in [-0.2, 0) is 9.84 Å². The lowest BCUT2D eigenvalue weighted by Crippen LogP contribution is -2.15. The first-order valence-electron chi connectivity index (χ1n) is 8.58. The molecule has 9 heteroatoms. The molecule has 0 amide bonds. The van der Waals surface area contributed by atoms with Crippen molar-refractivity contribution in [1.82, 2.24) is 15.0 Å². The van der Waals surface area contributed by atoms with Crippen molar-refractivity contribution in [2.75, 3.05) is 24.0 Å². The third-order valence-corrected chi connectivity index (χ3v) is 5.37. The number of hydrogen-bond acceptors (Lipinski definition) is 7. The molecular weight excluding hydrogens is 366 g/mol. The van der Waals surface area contributed by atoms with E-state index in [2.05, 4.69) is 39.4 Å². The van der Waals surface area contributed by atoms with Crippen LogP contribution >= 0.6 is 0 Å². The lowest BCUT2D eigenvalue weighted by atomic mass is 10.2. The Morgan fingerprint density at radius 1 is 1.26 bits per heavy atom. The number of nitrogens with one attached hydrogen (secondary N) is 3. The summed E-state index contributed by atoms with van der Waals surface area (Å²) in [5, 5.41) is 7.40. The van der Waals surface area contributed by atoms with Gasteiger partial charge in [-0.3, -0.25) is 0 Å². The number of methoxy groups -OCH3 is 1. The zero-order valence-corrected chi connectivity index (χ0v) is 16.5. The third-order valence-electron chi connectivity index (χ3n) is 4.26. The molecule has 0 bridgehead atoms. The molecule has 0 fully saturated rings. The zero-order valence-electron chi connectivity index (χ0n) is 15.7. The highest BCUT2D eigenvalue weighted by molar-refractivity contribution is 7.90. The summed E-state index contributed by atoms with van der Waals surface area (Å²) in [4.78, 5) is 12.3. The van der Waals surface area contributed by atoms with Gasteiger partial charge in [0.2, 0.25) is 5.95 Å². The van der Waals surface area contributed by atoms with Crippen molar-refractivity contribution in [3.63, 3.8) is 0 Å². The van der Waals surface area contributed by atoms with Crippen molar-refractivity contribution in [2.45, 2.75) is 31.2 Å². The Labute approximate surface area is 158 Å². The minimum absolute atomic E-state index is 0.185. The molecule has 2 heterocycles. The van der Waals surface area contributed by atoms with Crippen LogP contribution in [0.2, 0.25) is 0 Å². The van der Waals surface area contributed by atoms with E-state index in [1.54, 1.807) is 6.07 Å². The van der Waals surface area contributed by atoms with Gasteiger partial charge in [-0.1, -0.05) is 6.92 Å². The smallest absolute Gasteiger partial charge is 0.231 e. The molecule has 0 saturated heterocycles. The van der Waals surface area contributed by atoms with E-state index in [4.69, 9.17) is 4.74 Å². The Morgan fingerprint density at radius 2 is 2.04 bits per heavy atom. The molecule has 2 aromatic heterocycles. The minimum atomic E-state index is -3.32. The fraction of sp³-hybridized carbons (Fsp3) is 0.333. The van der Waals surface area contributed by atoms with Gasteiger partial charge in [0.25, 0.3) is 0 Å². The number of H-pyrrole nitrogens is 1. The van der Waals surface area contributed by atoms with E-state index in [1.165, 1.54) is 19.2 Å². The first kappa shape index (κ1) is 19.0. The number of hydrogen-bond donors (Lipinski definition) is 3. The summed E-state index contributed by atoms with van der Waals surface area (Å²) in [5.41, 5.74) is 1.27. The summed E-state index contributed by atoms with van der Waals surface area (Å²) in [6.07, 6.45) is 3.93. The standard InChI is InChI=1S/C18H23N5O3S/c1-5-11(2)20-17-13-8-9-19-16(13)22-18(23-17)21-14-7-6-12(27(4,24)25)10-15(14)26-3/h6-11H,5H2,1-4H3,(H3,19,20,21,22,23)/t11-/m1/s1. The number of ether oxygens (including phenoxy) is 1. The number of aromatic nitrogens is 3. The number of sulfone groups is 1. The fourth-order valence-electron chi connectivity index (χ4n) is 2.57. The van der Waals surface area contributed by atoms with Gasteiger partial charge in [-0.15, -0.1) is 0 Å². The highest BCUT2D eigenvalue weighted by Gasteiger charge is 2.15. The molecule has 1 atom stereocenters. The highest BCUT2D eigenvalue weighted by atomic mass is 32.2. The SMILES string of the molecule is CC[C@@H](C)Nc1nc(Nc2ccc(S(C)(=O)=O)cc2OC)nc2[nH]ccc12. The van der Waals surface area contributed by atoms with E-state index in [9.17, 15) is 8.42 Å². The van der Waals surface area contributed by atoms with Gasteiger partial charge in [0.1, 0.15) is 17.2 Å². The molecular formula is C18H23N5O3S. The van der Waals surface area contributed by atoms with Gasteiger partial charge in [0.05, 0.1) is 23.1 Å². The van der Waals surface area contributed by atoms with Crippen molar-refractivity contribution in [3.8, 4) is 5.75 Å². The van der Waals surface area contributed by atoms with Crippen molar-refractivity contribution in [1.29, 1.82) is 0 Å². The first-order valence-corrected chi connectivity index (χ1v) is 10.5. The van der Waals surface area contributed by atoms with Crippen molar-refractivity contribution in [3.05, 3.63) is 30.5 Å². The summed E-state index contributed by atoms with van der Waals surface area (Å²) < 4.78 is 28.8. The average Bonchev–Trinajstić information content (AvgIpc) is 3.09. The third kappa shape index (κ3) is 4.13. The maximum Gasteiger partial charge on any atom is 0.231 e. The van der Waals surface area contributed by atoms with Crippen LogP contribution in [0.15, 0.2) is 35.4 Å². The van der Waals surface area contributed by atoms with Crippen molar-refractivity contribution in [2.24, 2.45) is 0 Å². The average molecular weight is 389 g/mol. The molecule has 0 saturated carbocycles. The van der Waals surface area contributed by atoms with E-state index in [0.29, 0.717) is 23.0 Å². The van der Waals surface area contributed by atoms with Crippen LogP contribution in [0.3, 0.4) is 0 Å². The topological polar surface area (TPSA) is 109 Å². The molecule has 27 heavy (non-hydrogen) atoms. The molecule has 0 radical (unpaired) electrons. The number of aromatic amines is 1. The maximum atomic E-state index is 11.8.